The Morgan fingerprint density at radius 1 is 1.23 bits per heavy atom. The Balaban J connectivity index is 1.43. The third kappa shape index (κ3) is 3.50. The van der Waals surface area contributed by atoms with Gasteiger partial charge in [-0.3, -0.25) is 4.79 Å². The maximum atomic E-state index is 12.5. The van der Waals surface area contributed by atoms with E-state index in [1.165, 1.54) is 11.0 Å². The van der Waals surface area contributed by atoms with Gasteiger partial charge in [-0.25, -0.2) is 19.6 Å². The molecule has 0 aliphatic carbocycles. The van der Waals surface area contributed by atoms with Crippen molar-refractivity contribution >= 4 is 11.7 Å². The second kappa shape index (κ2) is 7.25. The highest BCUT2D eigenvalue weighted by Crippen LogP contribution is 2.21. The van der Waals surface area contributed by atoms with Crippen LogP contribution in [0.2, 0.25) is 0 Å². The lowest BCUT2D eigenvalue weighted by Crippen LogP contribution is -2.36. The van der Waals surface area contributed by atoms with E-state index in [-0.39, 0.29) is 12.5 Å². The first-order chi connectivity index (χ1) is 12.8. The van der Waals surface area contributed by atoms with Crippen LogP contribution in [0.15, 0.2) is 25.0 Å². The molecular formula is C15H18N10O. The van der Waals surface area contributed by atoms with Gasteiger partial charge in [0.15, 0.2) is 0 Å². The molecule has 3 aromatic rings. The zero-order valence-electron chi connectivity index (χ0n) is 14.0. The number of amides is 1. The van der Waals surface area contributed by atoms with Crippen molar-refractivity contribution in [3.05, 3.63) is 42.1 Å². The molecule has 0 atom stereocenters. The molecule has 134 valence electrons. The lowest BCUT2D eigenvalue weighted by Gasteiger charge is -2.19. The Kier molecular flexibility index (Phi) is 4.50. The number of anilines is 1. The summed E-state index contributed by atoms with van der Waals surface area (Å²) in [5.41, 5.74) is 2.02. The minimum Gasteiger partial charge on any atom is -0.363 e. The number of hydrogen-bond acceptors (Lipinski definition) is 8. The van der Waals surface area contributed by atoms with Gasteiger partial charge in [0.2, 0.25) is 5.91 Å². The van der Waals surface area contributed by atoms with E-state index in [1.807, 2.05) is 4.90 Å². The number of imidazole rings is 1. The summed E-state index contributed by atoms with van der Waals surface area (Å²) in [7, 11) is 0. The van der Waals surface area contributed by atoms with Crippen LogP contribution >= 0.6 is 0 Å². The number of fused-ring (bicyclic) bond motifs is 1. The topological polar surface area (TPSA) is 130 Å². The minimum atomic E-state index is -0.0110. The molecule has 0 aromatic carbocycles. The molecule has 0 unspecified atom stereocenters. The van der Waals surface area contributed by atoms with Crippen molar-refractivity contribution in [1.82, 2.24) is 45.0 Å². The fourth-order valence-corrected chi connectivity index (χ4v) is 2.98. The summed E-state index contributed by atoms with van der Waals surface area (Å²) in [6.45, 7) is 1.91. The van der Waals surface area contributed by atoms with Crippen LogP contribution in [-0.4, -0.2) is 64.0 Å². The number of hydrogen-bond donors (Lipinski definition) is 2. The molecule has 11 heteroatoms. The zero-order valence-corrected chi connectivity index (χ0v) is 14.0. The molecular weight excluding hydrogens is 336 g/mol. The molecule has 0 saturated carbocycles. The van der Waals surface area contributed by atoms with Gasteiger partial charge in [0.25, 0.3) is 0 Å². The van der Waals surface area contributed by atoms with Crippen LogP contribution in [0.5, 0.6) is 0 Å². The number of aromatic amines is 1. The van der Waals surface area contributed by atoms with Gasteiger partial charge < -0.3 is 15.2 Å². The van der Waals surface area contributed by atoms with Gasteiger partial charge in [0.1, 0.15) is 30.8 Å². The highest BCUT2D eigenvalue weighted by Gasteiger charge is 2.22. The first-order valence-electron chi connectivity index (χ1n) is 8.33. The molecule has 0 saturated heterocycles. The van der Waals surface area contributed by atoms with E-state index in [0.29, 0.717) is 32.5 Å². The summed E-state index contributed by atoms with van der Waals surface area (Å²) in [5, 5.41) is 14.2. The monoisotopic (exact) mass is 354 g/mol. The highest BCUT2D eigenvalue weighted by molar-refractivity contribution is 5.76. The van der Waals surface area contributed by atoms with Crippen LogP contribution in [0.1, 0.15) is 17.1 Å². The molecule has 26 heavy (non-hydrogen) atoms. The fourth-order valence-electron chi connectivity index (χ4n) is 2.98. The lowest BCUT2D eigenvalue weighted by atomic mass is 10.1. The number of rotatable bonds is 5. The summed E-state index contributed by atoms with van der Waals surface area (Å²) in [6, 6.07) is 0. The molecule has 4 heterocycles. The van der Waals surface area contributed by atoms with Crippen molar-refractivity contribution in [2.24, 2.45) is 0 Å². The van der Waals surface area contributed by atoms with Gasteiger partial charge in [0, 0.05) is 37.5 Å². The smallest absolute Gasteiger partial charge is 0.244 e. The number of aromatic nitrogens is 8. The number of H-pyrrole nitrogens is 1. The Bertz CT molecular complexity index is 861. The summed E-state index contributed by atoms with van der Waals surface area (Å²) in [4.78, 5) is 30.3. The molecule has 0 fully saturated rings. The van der Waals surface area contributed by atoms with Gasteiger partial charge >= 0.3 is 0 Å². The van der Waals surface area contributed by atoms with Crippen molar-refractivity contribution in [2.45, 2.75) is 25.9 Å². The van der Waals surface area contributed by atoms with E-state index >= 15 is 0 Å². The molecule has 0 bridgehead atoms. The summed E-state index contributed by atoms with van der Waals surface area (Å²) < 4.78 is 1.43. The summed E-state index contributed by atoms with van der Waals surface area (Å²) in [6.07, 6.45) is 7.87. The minimum absolute atomic E-state index is 0.0110. The molecule has 3 aromatic heterocycles. The van der Waals surface area contributed by atoms with Crippen LogP contribution in [0, 0.1) is 0 Å². The number of nitrogens with zero attached hydrogens (tertiary/aromatic N) is 8. The molecule has 0 spiro atoms. The number of nitrogens with one attached hydrogen (secondary N) is 2. The number of carbonyl (C=O) groups excluding carboxylic acids is 1. The molecule has 11 nitrogen and oxygen atoms in total. The first-order valence-corrected chi connectivity index (χ1v) is 8.33. The maximum Gasteiger partial charge on any atom is 0.244 e. The largest absolute Gasteiger partial charge is 0.363 e. The van der Waals surface area contributed by atoms with Gasteiger partial charge in [-0.2, -0.15) is 0 Å². The van der Waals surface area contributed by atoms with Crippen molar-refractivity contribution in [3.63, 3.8) is 0 Å². The van der Waals surface area contributed by atoms with Gasteiger partial charge in [-0.1, -0.05) is 0 Å². The van der Waals surface area contributed by atoms with E-state index in [0.717, 1.165) is 22.9 Å². The van der Waals surface area contributed by atoms with Crippen LogP contribution in [0.25, 0.3) is 0 Å². The standard InChI is InChI=1S/C15H18N10O/c26-14(8-25-10-21-22-23-25)24-5-1-11-12(2-6-24)19-9-20-15(11)18-7-13-16-3-4-17-13/h3-4,9-10H,1-2,5-8H2,(H,16,17)(H,18,19,20). The molecule has 1 aliphatic heterocycles. The second-order valence-electron chi connectivity index (χ2n) is 5.93. The summed E-state index contributed by atoms with van der Waals surface area (Å²) >= 11 is 0. The normalized spacial score (nSPS) is 13.9. The fraction of sp³-hybridized carbons (Fsp3) is 0.400. The summed E-state index contributed by atoms with van der Waals surface area (Å²) in [5.74, 6) is 1.62. The molecule has 4 rings (SSSR count). The molecule has 0 radical (unpaired) electrons. The second-order valence-corrected chi connectivity index (χ2v) is 5.93. The quantitative estimate of drug-likeness (QED) is 0.623. The van der Waals surface area contributed by atoms with Gasteiger partial charge in [-0.15, -0.1) is 5.10 Å². The zero-order chi connectivity index (χ0) is 17.8. The third-order valence-electron chi connectivity index (χ3n) is 4.30. The van der Waals surface area contributed by atoms with Gasteiger partial charge in [0.05, 0.1) is 12.2 Å². The maximum absolute atomic E-state index is 12.5. The molecule has 2 N–H and O–H groups in total. The van der Waals surface area contributed by atoms with E-state index < -0.39 is 0 Å². The van der Waals surface area contributed by atoms with Crippen molar-refractivity contribution in [2.75, 3.05) is 18.4 Å². The Morgan fingerprint density at radius 2 is 2.15 bits per heavy atom. The molecule has 1 amide bonds. The van der Waals surface area contributed by atoms with Crippen molar-refractivity contribution in [3.8, 4) is 0 Å². The van der Waals surface area contributed by atoms with Crippen LogP contribution < -0.4 is 5.32 Å². The average Bonchev–Trinajstić information content (AvgIpc) is 3.30. The van der Waals surface area contributed by atoms with Crippen molar-refractivity contribution in [1.29, 1.82) is 0 Å². The van der Waals surface area contributed by atoms with E-state index in [4.69, 9.17) is 0 Å². The van der Waals surface area contributed by atoms with E-state index in [2.05, 4.69) is 40.8 Å². The van der Waals surface area contributed by atoms with Crippen LogP contribution in [0.4, 0.5) is 5.82 Å². The Hall–Kier alpha value is -3.37. The third-order valence-corrected chi connectivity index (χ3v) is 4.30. The average molecular weight is 354 g/mol. The lowest BCUT2D eigenvalue weighted by molar-refractivity contribution is -0.132. The van der Waals surface area contributed by atoms with E-state index in [9.17, 15) is 4.79 Å². The number of tetrazole rings is 1. The van der Waals surface area contributed by atoms with E-state index in [1.54, 1.807) is 18.7 Å². The molecule has 1 aliphatic rings. The Morgan fingerprint density at radius 3 is 2.96 bits per heavy atom. The van der Waals surface area contributed by atoms with Gasteiger partial charge in [-0.05, 0) is 16.8 Å². The van der Waals surface area contributed by atoms with Crippen molar-refractivity contribution < 1.29 is 4.79 Å². The highest BCUT2D eigenvalue weighted by atomic mass is 16.2. The number of carbonyl (C=O) groups is 1. The SMILES string of the molecule is O=C(Cn1cnnn1)N1CCc2ncnc(NCc3ncc[nH]3)c2CC1. The predicted octanol–water partition coefficient (Wildman–Crippen LogP) is -0.574. The predicted molar refractivity (Wildman–Crippen MR) is 89.8 cm³/mol. The van der Waals surface area contributed by atoms with Crippen LogP contribution in [-0.2, 0) is 30.7 Å². The van der Waals surface area contributed by atoms with Crippen LogP contribution in [0.3, 0.4) is 0 Å². The Labute approximate surface area is 148 Å². The first kappa shape index (κ1) is 16.1.